The van der Waals surface area contributed by atoms with Gasteiger partial charge in [-0.25, -0.2) is 4.98 Å². The minimum Gasteiger partial charge on any atom is -0.351 e. The van der Waals surface area contributed by atoms with Gasteiger partial charge in [-0.1, -0.05) is 0 Å². The number of anilines is 1. The Bertz CT molecular complexity index is 646. The number of nitro groups is 1. The summed E-state index contributed by atoms with van der Waals surface area (Å²) in [7, 11) is 1.95. The van der Waals surface area contributed by atoms with Gasteiger partial charge in [-0.15, -0.1) is 0 Å². The minimum atomic E-state index is -0.366. The first-order chi connectivity index (χ1) is 10.2. The average molecular weight is 287 g/mol. The lowest BCUT2D eigenvalue weighted by atomic mass is 9.93. The van der Waals surface area contributed by atoms with Gasteiger partial charge in [-0.2, -0.15) is 5.10 Å². The van der Waals surface area contributed by atoms with E-state index >= 15 is 0 Å². The van der Waals surface area contributed by atoms with E-state index < -0.39 is 0 Å². The zero-order chi connectivity index (χ0) is 14.8. The molecular weight excluding hydrogens is 270 g/mol. The summed E-state index contributed by atoms with van der Waals surface area (Å²) < 4.78 is 1.91. The van der Waals surface area contributed by atoms with Crippen LogP contribution in [0, 0.1) is 10.1 Å². The van der Waals surface area contributed by atoms with Crippen molar-refractivity contribution in [3.05, 3.63) is 46.4 Å². The molecule has 0 N–H and O–H groups in total. The van der Waals surface area contributed by atoms with Crippen molar-refractivity contribution in [2.45, 2.75) is 18.8 Å². The fourth-order valence-electron chi connectivity index (χ4n) is 2.95. The average Bonchev–Trinajstić information content (AvgIpc) is 2.93. The van der Waals surface area contributed by atoms with Crippen LogP contribution in [0.25, 0.3) is 0 Å². The Morgan fingerprint density at radius 2 is 2.05 bits per heavy atom. The molecule has 21 heavy (non-hydrogen) atoms. The lowest BCUT2D eigenvalue weighted by Crippen LogP contribution is -2.34. The maximum absolute atomic E-state index is 11.1. The quantitative estimate of drug-likeness (QED) is 0.638. The predicted octanol–water partition coefficient (Wildman–Crippen LogP) is 2.11. The Balaban J connectivity index is 1.75. The second kappa shape index (κ2) is 5.51. The van der Waals surface area contributed by atoms with Crippen molar-refractivity contribution in [1.29, 1.82) is 0 Å². The number of pyridine rings is 1. The standard InChI is InChI=1S/C14H17N5O2/c1-17-12(4-8-16-17)11-5-9-18(10-6-11)14-13(19(20)21)3-2-7-15-14/h2-4,7-8,11H,5-6,9-10H2,1H3. The Kier molecular flexibility index (Phi) is 3.55. The van der Waals surface area contributed by atoms with Gasteiger partial charge in [0, 0.05) is 50.2 Å². The highest BCUT2D eigenvalue weighted by atomic mass is 16.6. The van der Waals surface area contributed by atoms with Gasteiger partial charge in [0.2, 0.25) is 5.82 Å². The Labute approximate surface area is 122 Å². The molecular formula is C14H17N5O2. The normalized spacial score (nSPS) is 16.1. The van der Waals surface area contributed by atoms with Crippen molar-refractivity contribution < 1.29 is 4.92 Å². The molecule has 0 atom stereocenters. The molecule has 0 aliphatic carbocycles. The van der Waals surface area contributed by atoms with Crippen molar-refractivity contribution >= 4 is 11.5 Å². The summed E-state index contributed by atoms with van der Waals surface area (Å²) in [6.07, 6.45) is 5.32. The van der Waals surface area contributed by atoms with Gasteiger partial charge in [-0.3, -0.25) is 14.8 Å². The molecule has 1 aliphatic heterocycles. The van der Waals surface area contributed by atoms with Gasteiger partial charge in [0.15, 0.2) is 0 Å². The zero-order valence-electron chi connectivity index (χ0n) is 11.8. The molecule has 7 nitrogen and oxygen atoms in total. The van der Waals surface area contributed by atoms with E-state index in [4.69, 9.17) is 0 Å². The maximum atomic E-state index is 11.1. The van der Waals surface area contributed by atoms with E-state index in [0.29, 0.717) is 11.7 Å². The van der Waals surface area contributed by atoms with E-state index in [9.17, 15) is 10.1 Å². The lowest BCUT2D eigenvalue weighted by molar-refractivity contribution is -0.384. The van der Waals surface area contributed by atoms with Crippen LogP contribution in [0.1, 0.15) is 24.5 Å². The molecule has 2 aromatic rings. The van der Waals surface area contributed by atoms with Crippen LogP contribution in [0.4, 0.5) is 11.5 Å². The van der Waals surface area contributed by atoms with Crippen molar-refractivity contribution in [3.63, 3.8) is 0 Å². The molecule has 3 heterocycles. The number of piperidine rings is 1. The number of rotatable bonds is 3. The van der Waals surface area contributed by atoms with E-state index in [1.807, 2.05) is 28.9 Å². The molecule has 0 bridgehead atoms. The Hall–Kier alpha value is -2.44. The SMILES string of the molecule is Cn1nccc1C1CCN(c2ncccc2[N+](=O)[O-])CC1. The van der Waals surface area contributed by atoms with Crippen LogP contribution in [0.2, 0.25) is 0 Å². The van der Waals surface area contributed by atoms with Gasteiger partial charge in [0.25, 0.3) is 0 Å². The van der Waals surface area contributed by atoms with E-state index in [0.717, 1.165) is 25.9 Å². The number of hydrogen-bond acceptors (Lipinski definition) is 5. The first kappa shape index (κ1) is 13.5. The van der Waals surface area contributed by atoms with Crippen molar-refractivity contribution in [2.24, 2.45) is 7.05 Å². The van der Waals surface area contributed by atoms with E-state index in [1.165, 1.54) is 11.8 Å². The number of hydrogen-bond donors (Lipinski definition) is 0. The molecule has 0 saturated carbocycles. The Morgan fingerprint density at radius 3 is 2.67 bits per heavy atom. The maximum Gasteiger partial charge on any atom is 0.311 e. The smallest absolute Gasteiger partial charge is 0.311 e. The summed E-state index contributed by atoms with van der Waals surface area (Å²) in [6, 6.07) is 5.16. The molecule has 1 fully saturated rings. The fourth-order valence-corrected chi connectivity index (χ4v) is 2.95. The molecule has 0 amide bonds. The van der Waals surface area contributed by atoms with Gasteiger partial charge in [0.1, 0.15) is 0 Å². The van der Waals surface area contributed by atoms with Crippen LogP contribution in [-0.4, -0.2) is 32.8 Å². The monoisotopic (exact) mass is 287 g/mol. The summed E-state index contributed by atoms with van der Waals surface area (Å²) >= 11 is 0. The molecule has 1 saturated heterocycles. The second-order valence-corrected chi connectivity index (χ2v) is 5.24. The molecule has 0 aromatic carbocycles. The summed E-state index contributed by atoms with van der Waals surface area (Å²) in [4.78, 5) is 16.9. The van der Waals surface area contributed by atoms with Crippen molar-refractivity contribution in [3.8, 4) is 0 Å². The first-order valence-corrected chi connectivity index (χ1v) is 6.99. The van der Waals surface area contributed by atoms with Gasteiger partial charge < -0.3 is 4.90 Å². The minimum absolute atomic E-state index is 0.0801. The van der Waals surface area contributed by atoms with E-state index in [1.54, 1.807) is 12.3 Å². The topological polar surface area (TPSA) is 77.1 Å². The fraction of sp³-hybridized carbons (Fsp3) is 0.429. The lowest BCUT2D eigenvalue weighted by Gasteiger charge is -2.32. The number of aryl methyl sites for hydroxylation is 1. The van der Waals surface area contributed by atoms with Crippen molar-refractivity contribution in [2.75, 3.05) is 18.0 Å². The van der Waals surface area contributed by atoms with Crippen LogP contribution in [0.15, 0.2) is 30.6 Å². The molecule has 0 unspecified atom stereocenters. The molecule has 2 aromatic heterocycles. The van der Waals surface area contributed by atoms with Crippen LogP contribution >= 0.6 is 0 Å². The zero-order valence-corrected chi connectivity index (χ0v) is 11.8. The summed E-state index contributed by atoms with van der Waals surface area (Å²) in [5.41, 5.74) is 1.31. The Morgan fingerprint density at radius 1 is 1.29 bits per heavy atom. The summed E-state index contributed by atoms with van der Waals surface area (Å²) in [5, 5.41) is 15.3. The largest absolute Gasteiger partial charge is 0.351 e. The molecule has 7 heteroatoms. The van der Waals surface area contributed by atoms with Crippen LogP contribution in [0.5, 0.6) is 0 Å². The summed E-state index contributed by atoms with van der Waals surface area (Å²) in [5.74, 6) is 0.933. The third-order valence-electron chi connectivity index (χ3n) is 4.03. The third-order valence-corrected chi connectivity index (χ3v) is 4.03. The van der Waals surface area contributed by atoms with Gasteiger partial charge in [0.05, 0.1) is 4.92 Å². The van der Waals surface area contributed by atoms with Crippen LogP contribution in [0.3, 0.4) is 0 Å². The first-order valence-electron chi connectivity index (χ1n) is 6.99. The highest BCUT2D eigenvalue weighted by Gasteiger charge is 2.27. The van der Waals surface area contributed by atoms with Crippen LogP contribution < -0.4 is 4.90 Å². The van der Waals surface area contributed by atoms with Crippen LogP contribution in [-0.2, 0) is 7.05 Å². The molecule has 110 valence electrons. The molecule has 0 spiro atoms. The summed E-state index contributed by atoms with van der Waals surface area (Å²) in [6.45, 7) is 1.54. The number of aromatic nitrogens is 3. The number of nitrogens with zero attached hydrogens (tertiary/aromatic N) is 5. The highest BCUT2D eigenvalue weighted by Crippen LogP contribution is 2.32. The van der Waals surface area contributed by atoms with E-state index in [2.05, 4.69) is 10.1 Å². The van der Waals surface area contributed by atoms with Crippen molar-refractivity contribution in [1.82, 2.24) is 14.8 Å². The van der Waals surface area contributed by atoms with E-state index in [-0.39, 0.29) is 10.6 Å². The second-order valence-electron chi connectivity index (χ2n) is 5.24. The molecule has 1 aliphatic rings. The third kappa shape index (κ3) is 2.58. The van der Waals surface area contributed by atoms with Gasteiger partial charge in [-0.05, 0) is 25.0 Å². The predicted molar refractivity (Wildman–Crippen MR) is 78.3 cm³/mol. The molecule has 3 rings (SSSR count). The molecule has 0 radical (unpaired) electrons. The van der Waals surface area contributed by atoms with Gasteiger partial charge >= 0.3 is 5.69 Å². The highest BCUT2D eigenvalue weighted by molar-refractivity contribution is 5.57.